The quantitative estimate of drug-likeness (QED) is 0.559. The SMILES string of the molecule is CC(=O)c1cnc(Cl)cc1OCC1CCC(CNC(=O)OC(C)(C)C)CC1. The van der Waals surface area contributed by atoms with Gasteiger partial charge in [-0.1, -0.05) is 11.6 Å². The fourth-order valence-electron chi connectivity index (χ4n) is 3.15. The fourth-order valence-corrected chi connectivity index (χ4v) is 3.30. The second-order valence-electron chi connectivity index (χ2n) is 8.14. The molecular formula is C20H29ClN2O4. The molecule has 0 aromatic carbocycles. The molecule has 0 radical (unpaired) electrons. The van der Waals surface area contributed by atoms with E-state index in [2.05, 4.69) is 10.3 Å². The lowest BCUT2D eigenvalue weighted by Crippen LogP contribution is -2.36. The van der Waals surface area contributed by atoms with E-state index < -0.39 is 5.60 Å². The smallest absolute Gasteiger partial charge is 0.407 e. The molecule has 0 spiro atoms. The highest BCUT2D eigenvalue weighted by molar-refractivity contribution is 6.29. The Hall–Kier alpha value is -1.82. The number of Topliss-reactive ketones (excluding diaryl/α,β-unsaturated/α-hetero) is 1. The number of rotatable bonds is 6. The van der Waals surface area contributed by atoms with Gasteiger partial charge in [-0.2, -0.15) is 0 Å². The van der Waals surface area contributed by atoms with E-state index in [1.165, 1.54) is 13.1 Å². The molecule has 0 bridgehead atoms. The molecule has 1 fully saturated rings. The van der Waals surface area contributed by atoms with Crippen LogP contribution in [0, 0.1) is 11.8 Å². The van der Waals surface area contributed by atoms with Crippen molar-refractivity contribution in [3.05, 3.63) is 23.0 Å². The minimum absolute atomic E-state index is 0.0916. The van der Waals surface area contributed by atoms with Crippen LogP contribution in [0.4, 0.5) is 4.79 Å². The van der Waals surface area contributed by atoms with Gasteiger partial charge in [0.1, 0.15) is 16.5 Å². The summed E-state index contributed by atoms with van der Waals surface area (Å²) >= 11 is 5.92. The Balaban J connectivity index is 1.75. The monoisotopic (exact) mass is 396 g/mol. The first-order valence-electron chi connectivity index (χ1n) is 9.40. The Morgan fingerprint density at radius 2 is 1.85 bits per heavy atom. The summed E-state index contributed by atoms with van der Waals surface area (Å²) < 4.78 is 11.1. The molecule has 1 aromatic rings. The Bertz CT molecular complexity index is 664. The van der Waals surface area contributed by atoms with Gasteiger partial charge >= 0.3 is 6.09 Å². The average Bonchev–Trinajstić information content (AvgIpc) is 2.57. The molecule has 7 heteroatoms. The maximum Gasteiger partial charge on any atom is 0.407 e. The van der Waals surface area contributed by atoms with Gasteiger partial charge in [0.05, 0.1) is 12.2 Å². The normalized spacial score (nSPS) is 20.0. The zero-order chi connectivity index (χ0) is 20.0. The second-order valence-corrected chi connectivity index (χ2v) is 8.53. The molecule has 0 atom stereocenters. The predicted octanol–water partition coefficient (Wildman–Crippen LogP) is 4.65. The summed E-state index contributed by atoms with van der Waals surface area (Å²) in [5.74, 6) is 1.29. The van der Waals surface area contributed by atoms with Gasteiger partial charge in [-0.05, 0) is 65.2 Å². The third-order valence-electron chi connectivity index (χ3n) is 4.59. The Morgan fingerprint density at radius 3 is 2.44 bits per heavy atom. The summed E-state index contributed by atoms with van der Waals surface area (Å²) in [4.78, 5) is 27.4. The molecule has 0 aliphatic heterocycles. The number of amides is 1. The minimum Gasteiger partial charge on any atom is -0.492 e. The first kappa shape index (κ1) is 21.5. The van der Waals surface area contributed by atoms with Crippen molar-refractivity contribution >= 4 is 23.5 Å². The number of nitrogens with zero attached hydrogens (tertiary/aromatic N) is 1. The van der Waals surface area contributed by atoms with Crippen LogP contribution in [-0.2, 0) is 4.74 Å². The molecule has 1 aliphatic rings. The zero-order valence-corrected chi connectivity index (χ0v) is 17.3. The fraction of sp³-hybridized carbons (Fsp3) is 0.650. The molecule has 1 saturated carbocycles. The molecular weight excluding hydrogens is 368 g/mol. The van der Waals surface area contributed by atoms with Gasteiger partial charge in [0.2, 0.25) is 0 Å². The van der Waals surface area contributed by atoms with Crippen LogP contribution < -0.4 is 10.1 Å². The lowest BCUT2D eigenvalue weighted by Gasteiger charge is -2.29. The van der Waals surface area contributed by atoms with Crippen LogP contribution in [0.25, 0.3) is 0 Å². The molecule has 1 amide bonds. The van der Waals surface area contributed by atoms with Crippen molar-refractivity contribution in [2.45, 2.75) is 59.0 Å². The number of nitrogens with one attached hydrogen (secondary N) is 1. The summed E-state index contributed by atoms with van der Waals surface area (Å²) in [6, 6.07) is 1.59. The van der Waals surface area contributed by atoms with Crippen LogP contribution in [0.1, 0.15) is 63.7 Å². The number of ether oxygens (including phenoxy) is 2. The van der Waals surface area contributed by atoms with E-state index in [9.17, 15) is 9.59 Å². The molecule has 1 aromatic heterocycles. The van der Waals surface area contributed by atoms with Crippen molar-refractivity contribution in [2.75, 3.05) is 13.2 Å². The summed E-state index contributed by atoms with van der Waals surface area (Å²) in [7, 11) is 0. The third-order valence-corrected chi connectivity index (χ3v) is 4.79. The molecule has 0 unspecified atom stereocenters. The van der Waals surface area contributed by atoms with Crippen LogP contribution in [0.3, 0.4) is 0 Å². The van der Waals surface area contributed by atoms with Crippen molar-refractivity contribution in [2.24, 2.45) is 11.8 Å². The van der Waals surface area contributed by atoms with E-state index in [0.717, 1.165) is 25.7 Å². The number of hydrogen-bond acceptors (Lipinski definition) is 5. The Kier molecular flexibility index (Phi) is 7.48. The van der Waals surface area contributed by atoms with E-state index in [4.69, 9.17) is 21.1 Å². The van der Waals surface area contributed by atoms with Gasteiger partial charge < -0.3 is 14.8 Å². The van der Waals surface area contributed by atoms with Crippen molar-refractivity contribution in [3.63, 3.8) is 0 Å². The second kappa shape index (κ2) is 9.40. The van der Waals surface area contributed by atoms with Crippen molar-refractivity contribution in [1.82, 2.24) is 10.3 Å². The number of carbonyl (C=O) groups is 2. The van der Waals surface area contributed by atoms with Crippen LogP contribution in [-0.4, -0.2) is 35.6 Å². The standard InChI is InChI=1S/C20H29ClN2O4/c1-13(24)16-11-22-18(21)9-17(16)26-12-15-7-5-14(6-8-15)10-23-19(25)27-20(2,3)4/h9,11,14-15H,5-8,10,12H2,1-4H3,(H,23,25). The third kappa shape index (κ3) is 7.37. The van der Waals surface area contributed by atoms with E-state index in [1.807, 2.05) is 20.8 Å². The summed E-state index contributed by atoms with van der Waals surface area (Å²) in [6.07, 6.45) is 5.20. The molecule has 2 rings (SSSR count). The molecule has 0 saturated heterocycles. The van der Waals surface area contributed by atoms with Gasteiger partial charge in [-0.25, -0.2) is 9.78 Å². The number of ketones is 1. The largest absolute Gasteiger partial charge is 0.492 e. The van der Waals surface area contributed by atoms with Crippen LogP contribution in [0.2, 0.25) is 5.15 Å². The zero-order valence-electron chi connectivity index (χ0n) is 16.5. The molecule has 150 valence electrons. The maximum atomic E-state index is 11.7. The van der Waals surface area contributed by atoms with Gasteiger partial charge in [-0.3, -0.25) is 4.79 Å². The number of hydrogen-bond donors (Lipinski definition) is 1. The number of alkyl carbamates (subject to hydrolysis) is 1. The maximum absolute atomic E-state index is 11.7. The van der Waals surface area contributed by atoms with E-state index in [0.29, 0.717) is 41.5 Å². The summed E-state index contributed by atoms with van der Waals surface area (Å²) in [5.41, 5.74) is -0.0251. The van der Waals surface area contributed by atoms with Gasteiger partial charge in [0.15, 0.2) is 5.78 Å². The minimum atomic E-state index is -0.479. The lowest BCUT2D eigenvalue weighted by molar-refractivity contribution is 0.0511. The number of pyridine rings is 1. The number of halogens is 1. The lowest BCUT2D eigenvalue weighted by atomic mass is 9.82. The van der Waals surface area contributed by atoms with Crippen molar-refractivity contribution in [3.8, 4) is 5.75 Å². The van der Waals surface area contributed by atoms with Crippen LogP contribution >= 0.6 is 11.6 Å². The Labute approximate surface area is 166 Å². The van der Waals surface area contributed by atoms with Crippen molar-refractivity contribution < 1.29 is 19.1 Å². The molecule has 1 N–H and O–H groups in total. The number of aromatic nitrogens is 1. The molecule has 1 heterocycles. The van der Waals surface area contributed by atoms with Gasteiger partial charge in [0, 0.05) is 18.8 Å². The number of carbonyl (C=O) groups excluding carboxylic acids is 2. The van der Waals surface area contributed by atoms with Crippen LogP contribution in [0.5, 0.6) is 5.75 Å². The average molecular weight is 397 g/mol. The molecule has 27 heavy (non-hydrogen) atoms. The van der Waals surface area contributed by atoms with Gasteiger partial charge in [-0.15, -0.1) is 0 Å². The van der Waals surface area contributed by atoms with Crippen molar-refractivity contribution in [1.29, 1.82) is 0 Å². The van der Waals surface area contributed by atoms with Gasteiger partial charge in [0.25, 0.3) is 0 Å². The molecule has 6 nitrogen and oxygen atoms in total. The molecule has 1 aliphatic carbocycles. The first-order chi connectivity index (χ1) is 12.6. The highest BCUT2D eigenvalue weighted by Crippen LogP contribution is 2.30. The first-order valence-corrected chi connectivity index (χ1v) is 9.78. The summed E-state index contributed by atoms with van der Waals surface area (Å²) in [5, 5.41) is 3.17. The van der Waals surface area contributed by atoms with E-state index in [1.54, 1.807) is 6.07 Å². The Morgan fingerprint density at radius 1 is 1.22 bits per heavy atom. The highest BCUT2D eigenvalue weighted by atomic mass is 35.5. The topological polar surface area (TPSA) is 77.5 Å². The predicted molar refractivity (Wildman–Crippen MR) is 104 cm³/mol. The highest BCUT2D eigenvalue weighted by Gasteiger charge is 2.24. The summed E-state index contributed by atoms with van der Waals surface area (Å²) in [6.45, 7) is 8.23. The van der Waals surface area contributed by atoms with E-state index >= 15 is 0 Å². The van der Waals surface area contributed by atoms with E-state index in [-0.39, 0.29) is 11.9 Å². The van der Waals surface area contributed by atoms with Crippen LogP contribution in [0.15, 0.2) is 12.3 Å².